The van der Waals surface area contributed by atoms with Gasteiger partial charge in [-0.25, -0.2) is 9.78 Å². The lowest BCUT2D eigenvalue weighted by Crippen LogP contribution is -2.42. The van der Waals surface area contributed by atoms with E-state index in [1.54, 1.807) is 0 Å². The predicted molar refractivity (Wildman–Crippen MR) is 95.7 cm³/mol. The highest BCUT2D eigenvalue weighted by Gasteiger charge is 2.21. The maximum absolute atomic E-state index is 12.4. The molecule has 2 aliphatic heterocycles. The molecule has 1 atom stereocenters. The van der Waals surface area contributed by atoms with E-state index in [4.69, 9.17) is 9.47 Å². The van der Waals surface area contributed by atoms with Crippen molar-refractivity contribution in [1.29, 1.82) is 0 Å². The van der Waals surface area contributed by atoms with Crippen molar-refractivity contribution in [2.24, 2.45) is 5.92 Å². The molecule has 0 aromatic carbocycles. The average molecular weight is 348 g/mol. The van der Waals surface area contributed by atoms with Gasteiger partial charge in [-0.3, -0.25) is 0 Å². The summed E-state index contributed by atoms with van der Waals surface area (Å²) >= 11 is 0. The predicted octanol–water partition coefficient (Wildman–Crippen LogP) is 1.49. The zero-order chi connectivity index (χ0) is 17.5. The van der Waals surface area contributed by atoms with Crippen LogP contribution in [0.25, 0.3) is 0 Å². The molecule has 7 nitrogen and oxygen atoms in total. The number of amides is 2. The summed E-state index contributed by atoms with van der Waals surface area (Å²) in [6.07, 6.45) is 2.88. The molecule has 2 aliphatic rings. The van der Waals surface area contributed by atoms with Crippen molar-refractivity contribution in [3.8, 4) is 0 Å². The Morgan fingerprint density at radius 1 is 1.32 bits per heavy atom. The molecule has 0 saturated carbocycles. The van der Waals surface area contributed by atoms with Crippen LogP contribution in [0.2, 0.25) is 0 Å². The average Bonchev–Trinajstić information content (AvgIpc) is 3.18. The summed E-state index contributed by atoms with van der Waals surface area (Å²) in [6.45, 7) is 8.78. The Bertz CT molecular complexity index is 540. The Hall–Kier alpha value is -1.86. The van der Waals surface area contributed by atoms with Crippen molar-refractivity contribution in [2.45, 2.75) is 19.9 Å². The lowest BCUT2D eigenvalue weighted by atomic mass is 10.1. The molecule has 1 N–H and O–H groups in total. The summed E-state index contributed by atoms with van der Waals surface area (Å²) in [4.78, 5) is 21.0. The van der Waals surface area contributed by atoms with Gasteiger partial charge in [0.2, 0.25) is 0 Å². The zero-order valence-electron chi connectivity index (χ0n) is 14.9. The number of morpholine rings is 1. The molecule has 0 aliphatic carbocycles. The highest BCUT2D eigenvalue weighted by molar-refractivity contribution is 5.74. The summed E-state index contributed by atoms with van der Waals surface area (Å²) in [5.41, 5.74) is 1.01. The molecule has 1 unspecified atom stereocenters. The van der Waals surface area contributed by atoms with E-state index in [2.05, 4.69) is 15.2 Å². The largest absolute Gasteiger partial charge is 0.381 e. The van der Waals surface area contributed by atoms with Crippen molar-refractivity contribution in [1.82, 2.24) is 15.2 Å². The van der Waals surface area contributed by atoms with Gasteiger partial charge in [0.1, 0.15) is 5.82 Å². The quantitative estimate of drug-likeness (QED) is 0.844. The number of urea groups is 1. The number of pyridine rings is 1. The molecule has 25 heavy (non-hydrogen) atoms. The third-order valence-corrected chi connectivity index (χ3v) is 4.76. The van der Waals surface area contributed by atoms with Crippen LogP contribution < -0.4 is 10.2 Å². The molecule has 138 valence electrons. The van der Waals surface area contributed by atoms with Gasteiger partial charge < -0.3 is 24.6 Å². The number of hydrogen-bond donors (Lipinski definition) is 1. The van der Waals surface area contributed by atoms with Gasteiger partial charge >= 0.3 is 6.03 Å². The second-order valence-corrected chi connectivity index (χ2v) is 6.55. The molecule has 0 bridgehead atoms. The molecule has 1 aromatic heterocycles. The van der Waals surface area contributed by atoms with Crippen molar-refractivity contribution >= 4 is 11.8 Å². The lowest BCUT2D eigenvalue weighted by Gasteiger charge is -2.27. The van der Waals surface area contributed by atoms with Crippen LogP contribution in [0.4, 0.5) is 10.6 Å². The summed E-state index contributed by atoms with van der Waals surface area (Å²) in [5.74, 6) is 1.43. The summed E-state index contributed by atoms with van der Waals surface area (Å²) in [5, 5.41) is 3.00. The SMILES string of the molecule is CCN(CC1CCOC1)C(=O)NCc1ccc(N2CCOCC2)nc1. The van der Waals surface area contributed by atoms with E-state index >= 15 is 0 Å². The van der Waals surface area contributed by atoms with Crippen LogP contribution in [-0.4, -0.2) is 68.5 Å². The standard InChI is InChI=1S/C18H28N4O3/c1-2-21(13-16-5-8-25-14-16)18(23)20-12-15-3-4-17(19-11-15)22-6-9-24-10-7-22/h3-4,11,16H,2,5-10,12-14H2,1H3,(H,20,23). The van der Waals surface area contributed by atoms with Gasteiger partial charge in [0.25, 0.3) is 0 Å². The fraction of sp³-hybridized carbons (Fsp3) is 0.667. The smallest absolute Gasteiger partial charge is 0.317 e. The monoisotopic (exact) mass is 348 g/mol. The maximum atomic E-state index is 12.4. The van der Waals surface area contributed by atoms with Gasteiger partial charge in [-0.15, -0.1) is 0 Å². The second-order valence-electron chi connectivity index (χ2n) is 6.55. The van der Waals surface area contributed by atoms with E-state index in [1.807, 2.05) is 30.2 Å². The van der Waals surface area contributed by atoms with Gasteiger partial charge in [-0.2, -0.15) is 0 Å². The van der Waals surface area contributed by atoms with Crippen LogP contribution >= 0.6 is 0 Å². The third-order valence-electron chi connectivity index (χ3n) is 4.76. The molecule has 2 fully saturated rings. The number of anilines is 1. The van der Waals surface area contributed by atoms with Gasteiger partial charge in [-0.05, 0) is 25.0 Å². The van der Waals surface area contributed by atoms with Crippen LogP contribution in [0.1, 0.15) is 18.9 Å². The van der Waals surface area contributed by atoms with E-state index in [1.165, 1.54) is 0 Å². The summed E-state index contributed by atoms with van der Waals surface area (Å²) in [6, 6.07) is 4.02. The first-order valence-corrected chi connectivity index (χ1v) is 9.14. The molecule has 2 saturated heterocycles. The molecule has 2 amide bonds. The first-order valence-electron chi connectivity index (χ1n) is 9.14. The van der Waals surface area contributed by atoms with E-state index in [-0.39, 0.29) is 6.03 Å². The van der Waals surface area contributed by atoms with Gasteiger partial charge in [0, 0.05) is 51.4 Å². The number of nitrogens with zero attached hydrogens (tertiary/aromatic N) is 3. The Balaban J connectivity index is 1.47. The van der Waals surface area contributed by atoms with E-state index < -0.39 is 0 Å². The Labute approximate surface area is 149 Å². The summed E-state index contributed by atoms with van der Waals surface area (Å²) in [7, 11) is 0. The van der Waals surface area contributed by atoms with E-state index in [9.17, 15) is 4.79 Å². The fourth-order valence-corrected chi connectivity index (χ4v) is 3.18. The molecule has 0 spiro atoms. The van der Waals surface area contributed by atoms with Crippen LogP contribution in [0, 0.1) is 5.92 Å². The van der Waals surface area contributed by atoms with Crippen molar-refractivity contribution in [3.63, 3.8) is 0 Å². The van der Waals surface area contributed by atoms with Crippen LogP contribution in [-0.2, 0) is 16.0 Å². The molecular weight excluding hydrogens is 320 g/mol. The Kier molecular flexibility index (Phi) is 6.47. The topological polar surface area (TPSA) is 66.9 Å². The maximum Gasteiger partial charge on any atom is 0.317 e. The van der Waals surface area contributed by atoms with Crippen molar-refractivity contribution in [2.75, 3.05) is 57.5 Å². The lowest BCUT2D eigenvalue weighted by molar-refractivity contribution is 0.122. The Morgan fingerprint density at radius 3 is 2.80 bits per heavy atom. The number of rotatable bonds is 6. The number of carbonyl (C=O) groups excluding carboxylic acids is 1. The third kappa shape index (κ3) is 5.06. The van der Waals surface area contributed by atoms with Gasteiger partial charge in [0.05, 0.1) is 19.8 Å². The van der Waals surface area contributed by atoms with Crippen molar-refractivity contribution < 1.29 is 14.3 Å². The number of ether oxygens (including phenoxy) is 2. The normalized spacial score (nSPS) is 20.5. The molecule has 3 heterocycles. The minimum Gasteiger partial charge on any atom is -0.381 e. The van der Waals surface area contributed by atoms with Gasteiger partial charge in [0.15, 0.2) is 0 Å². The minimum absolute atomic E-state index is 0.0216. The zero-order valence-corrected chi connectivity index (χ0v) is 14.9. The van der Waals surface area contributed by atoms with Crippen LogP contribution in [0.15, 0.2) is 18.3 Å². The number of nitrogens with one attached hydrogen (secondary N) is 1. The number of hydrogen-bond acceptors (Lipinski definition) is 5. The molecular formula is C18H28N4O3. The van der Waals surface area contributed by atoms with Crippen LogP contribution in [0.5, 0.6) is 0 Å². The first kappa shape index (κ1) is 17.9. The Morgan fingerprint density at radius 2 is 2.16 bits per heavy atom. The highest BCUT2D eigenvalue weighted by Crippen LogP contribution is 2.15. The fourth-order valence-electron chi connectivity index (χ4n) is 3.18. The van der Waals surface area contributed by atoms with Crippen molar-refractivity contribution in [3.05, 3.63) is 23.9 Å². The molecule has 1 aromatic rings. The molecule has 3 rings (SSSR count). The van der Waals surface area contributed by atoms with E-state index in [0.29, 0.717) is 19.0 Å². The molecule has 0 radical (unpaired) electrons. The molecule has 7 heteroatoms. The van der Waals surface area contributed by atoms with E-state index in [0.717, 1.165) is 63.9 Å². The van der Waals surface area contributed by atoms with Crippen LogP contribution in [0.3, 0.4) is 0 Å². The number of aromatic nitrogens is 1. The minimum atomic E-state index is -0.0216. The number of carbonyl (C=O) groups is 1. The first-order chi connectivity index (χ1) is 12.3. The second kappa shape index (κ2) is 9.01. The van der Waals surface area contributed by atoms with Gasteiger partial charge in [-0.1, -0.05) is 6.07 Å². The highest BCUT2D eigenvalue weighted by atomic mass is 16.5. The summed E-state index contributed by atoms with van der Waals surface area (Å²) < 4.78 is 10.8.